The quantitative estimate of drug-likeness (QED) is 0.231. The summed E-state index contributed by atoms with van der Waals surface area (Å²) in [6.07, 6.45) is 22.9. The van der Waals surface area contributed by atoms with E-state index in [4.69, 9.17) is 5.11 Å². The van der Waals surface area contributed by atoms with Gasteiger partial charge in [-0.05, 0) is 44.6 Å². The van der Waals surface area contributed by atoms with Crippen LogP contribution in [-0.2, 0) is 4.79 Å². The van der Waals surface area contributed by atoms with Crippen LogP contribution in [0.5, 0.6) is 0 Å². The summed E-state index contributed by atoms with van der Waals surface area (Å²) < 4.78 is 0. The van der Waals surface area contributed by atoms with Crippen LogP contribution in [0.4, 0.5) is 0 Å². The molecule has 0 rings (SSSR count). The average Bonchev–Trinajstić information content (AvgIpc) is 2.52. The molecular formula is C20H32O3. The molecule has 0 aliphatic heterocycles. The smallest absolute Gasteiger partial charge is 0.303 e. The lowest BCUT2D eigenvalue weighted by atomic mass is 10.2. The maximum absolute atomic E-state index is 10.3. The van der Waals surface area contributed by atoms with Gasteiger partial charge in [-0.25, -0.2) is 0 Å². The summed E-state index contributed by atoms with van der Waals surface area (Å²) in [6.45, 7) is 2.20. The SMILES string of the molecule is CCCCCC=CCC(O)=CCC=CCC=CCCCC(=O)O. The minimum absolute atomic E-state index is 0.233. The van der Waals surface area contributed by atoms with Gasteiger partial charge in [-0.2, -0.15) is 0 Å². The molecule has 0 atom stereocenters. The van der Waals surface area contributed by atoms with E-state index in [9.17, 15) is 9.90 Å². The molecule has 0 unspecified atom stereocenters. The largest absolute Gasteiger partial charge is 0.512 e. The first-order valence-electron chi connectivity index (χ1n) is 8.71. The van der Waals surface area contributed by atoms with E-state index in [1.54, 1.807) is 0 Å². The number of aliphatic hydroxyl groups is 1. The Morgan fingerprint density at radius 3 is 2.22 bits per heavy atom. The first-order chi connectivity index (χ1) is 11.2. The van der Waals surface area contributed by atoms with E-state index >= 15 is 0 Å². The van der Waals surface area contributed by atoms with Crippen LogP contribution >= 0.6 is 0 Å². The van der Waals surface area contributed by atoms with Gasteiger partial charge in [0, 0.05) is 12.8 Å². The van der Waals surface area contributed by atoms with Crippen LogP contribution in [0.1, 0.15) is 71.1 Å². The van der Waals surface area contributed by atoms with Gasteiger partial charge in [0.2, 0.25) is 0 Å². The number of rotatable bonds is 14. The zero-order valence-corrected chi connectivity index (χ0v) is 14.4. The van der Waals surface area contributed by atoms with Crippen LogP contribution in [0, 0.1) is 0 Å². The molecule has 23 heavy (non-hydrogen) atoms. The molecule has 0 saturated carbocycles. The fourth-order valence-corrected chi connectivity index (χ4v) is 1.98. The maximum Gasteiger partial charge on any atom is 0.303 e. The molecule has 3 heteroatoms. The van der Waals surface area contributed by atoms with E-state index in [0.717, 1.165) is 25.7 Å². The average molecular weight is 320 g/mol. The van der Waals surface area contributed by atoms with Crippen LogP contribution in [-0.4, -0.2) is 16.2 Å². The Balaban J connectivity index is 3.62. The summed E-state index contributed by atoms with van der Waals surface area (Å²) in [5, 5.41) is 18.2. The molecule has 0 aliphatic rings. The summed E-state index contributed by atoms with van der Waals surface area (Å²) in [5.74, 6) is -0.314. The van der Waals surface area contributed by atoms with Gasteiger partial charge in [-0.15, -0.1) is 0 Å². The highest BCUT2D eigenvalue weighted by molar-refractivity contribution is 5.66. The number of allylic oxidation sites excluding steroid dienone is 7. The van der Waals surface area contributed by atoms with Gasteiger partial charge in [-0.1, -0.05) is 56.2 Å². The summed E-state index contributed by atoms with van der Waals surface area (Å²) >= 11 is 0. The van der Waals surface area contributed by atoms with E-state index in [2.05, 4.69) is 19.1 Å². The maximum atomic E-state index is 10.3. The molecule has 2 N–H and O–H groups in total. The van der Waals surface area contributed by atoms with E-state index in [0.29, 0.717) is 18.6 Å². The number of carboxylic acids is 1. The Hall–Kier alpha value is -1.77. The molecule has 3 nitrogen and oxygen atoms in total. The number of carbonyl (C=O) groups is 1. The first kappa shape index (κ1) is 21.2. The second kappa shape index (κ2) is 16.6. The number of aliphatic hydroxyl groups excluding tert-OH is 1. The van der Waals surface area contributed by atoms with Gasteiger partial charge in [0.15, 0.2) is 0 Å². The highest BCUT2D eigenvalue weighted by Crippen LogP contribution is 2.04. The van der Waals surface area contributed by atoms with Crippen molar-refractivity contribution < 1.29 is 15.0 Å². The van der Waals surface area contributed by atoms with Crippen LogP contribution < -0.4 is 0 Å². The van der Waals surface area contributed by atoms with Gasteiger partial charge < -0.3 is 10.2 Å². The Labute approximate surface area is 141 Å². The molecule has 0 heterocycles. The minimum Gasteiger partial charge on any atom is -0.512 e. The van der Waals surface area contributed by atoms with Gasteiger partial charge >= 0.3 is 5.97 Å². The lowest BCUT2D eigenvalue weighted by Crippen LogP contribution is -1.92. The highest BCUT2D eigenvalue weighted by atomic mass is 16.4. The Bertz CT molecular complexity index is 403. The van der Waals surface area contributed by atoms with Crippen molar-refractivity contribution in [1.29, 1.82) is 0 Å². The molecule has 0 aromatic heterocycles. The second-order valence-electron chi connectivity index (χ2n) is 5.57. The third-order valence-corrected chi connectivity index (χ3v) is 3.32. The fraction of sp³-hybridized carbons (Fsp3) is 0.550. The van der Waals surface area contributed by atoms with Crippen LogP contribution in [0.3, 0.4) is 0 Å². The molecule has 0 bridgehead atoms. The first-order valence-corrected chi connectivity index (χ1v) is 8.71. The normalized spacial score (nSPS) is 12.8. The fourth-order valence-electron chi connectivity index (χ4n) is 1.98. The molecular weight excluding hydrogens is 288 g/mol. The number of hydrogen-bond donors (Lipinski definition) is 2. The van der Waals surface area contributed by atoms with Crippen molar-refractivity contribution >= 4 is 5.97 Å². The zero-order chi connectivity index (χ0) is 17.2. The van der Waals surface area contributed by atoms with Gasteiger partial charge in [0.1, 0.15) is 0 Å². The Morgan fingerprint density at radius 1 is 0.826 bits per heavy atom. The zero-order valence-electron chi connectivity index (χ0n) is 14.4. The van der Waals surface area contributed by atoms with E-state index in [1.807, 2.05) is 30.4 Å². The Morgan fingerprint density at radius 2 is 1.48 bits per heavy atom. The molecule has 0 aliphatic carbocycles. The summed E-state index contributed by atoms with van der Waals surface area (Å²) in [7, 11) is 0. The molecule has 130 valence electrons. The molecule has 0 aromatic rings. The number of hydrogen-bond acceptors (Lipinski definition) is 2. The molecule has 0 saturated heterocycles. The van der Waals surface area contributed by atoms with Crippen molar-refractivity contribution in [2.45, 2.75) is 71.1 Å². The predicted octanol–water partition coefficient (Wildman–Crippen LogP) is 6.10. The van der Waals surface area contributed by atoms with Crippen molar-refractivity contribution in [2.24, 2.45) is 0 Å². The van der Waals surface area contributed by atoms with Crippen LogP contribution in [0.2, 0.25) is 0 Å². The lowest BCUT2D eigenvalue weighted by Gasteiger charge is -1.94. The Kier molecular flexibility index (Phi) is 15.3. The molecule has 0 fully saturated rings. The third-order valence-electron chi connectivity index (χ3n) is 3.32. The van der Waals surface area contributed by atoms with Crippen molar-refractivity contribution in [1.82, 2.24) is 0 Å². The number of aliphatic carboxylic acids is 1. The molecule has 0 spiro atoms. The molecule has 0 aromatic carbocycles. The monoisotopic (exact) mass is 320 g/mol. The lowest BCUT2D eigenvalue weighted by molar-refractivity contribution is -0.137. The molecule has 0 amide bonds. The van der Waals surface area contributed by atoms with E-state index in [1.165, 1.54) is 19.3 Å². The van der Waals surface area contributed by atoms with Gasteiger partial charge in [0.25, 0.3) is 0 Å². The minimum atomic E-state index is -0.735. The van der Waals surface area contributed by atoms with Crippen molar-refractivity contribution in [2.75, 3.05) is 0 Å². The summed E-state index contributed by atoms with van der Waals surface area (Å²) in [4.78, 5) is 10.3. The van der Waals surface area contributed by atoms with Gasteiger partial charge in [0.05, 0.1) is 5.76 Å². The van der Waals surface area contributed by atoms with E-state index < -0.39 is 5.97 Å². The predicted molar refractivity (Wildman–Crippen MR) is 97.6 cm³/mol. The number of carboxylic acid groups (broad SMARTS) is 1. The number of unbranched alkanes of at least 4 members (excludes halogenated alkanes) is 4. The second-order valence-corrected chi connectivity index (χ2v) is 5.57. The van der Waals surface area contributed by atoms with Crippen LogP contribution in [0.25, 0.3) is 0 Å². The summed E-state index contributed by atoms with van der Waals surface area (Å²) in [6, 6.07) is 0. The summed E-state index contributed by atoms with van der Waals surface area (Å²) in [5.41, 5.74) is 0. The molecule has 0 radical (unpaired) electrons. The van der Waals surface area contributed by atoms with Crippen molar-refractivity contribution in [3.8, 4) is 0 Å². The van der Waals surface area contributed by atoms with E-state index in [-0.39, 0.29) is 6.42 Å². The topological polar surface area (TPSA) is 57.5 Å². The van der Waals surface area contributed by atoms with Gasteiger partial charge in [-0.3, -0.25) is 4.79 Å². The third kappa shape index (κ3) is 18.2. The van der Waals surface area contributed by atoms with Crippen molar-refractivity contribution in [3.63, 3.8) is 0 Å². The van der Waals surface area contributed by atoms with Crippen molar-refractivity contribution in [3.05, 3.63) is 48.3 Å². The highest BCUT2D eigenvalue weighted by Gasteiger charge is 1.92. The standard InChI is InChI=1S/C20H32O3/c1-2-3-4-5-10-13-16-19(21)17-14-11-8-6-7-9-12-15-18-20(22)23/h7-11,13,17,21H,2-6,12,14-16,18H2,1H3,(H,22,23). The van der Waals surface area contributed by atoms with Crippen LogP contribution in [0.15, 0.2) is 48.3 Å².